The van der Waals surface area contributed by atoms with Crippen molar-refractivity contribution >= 4 is 28.4 Å². The standard InChI is InChI=1S/C23H20N4O4/c28-21(10-11-27-15-25-19-8-2-1-7-18(19)23(27)30)24-14-16-5-3-6-17(13-16)26-22(29)20-9-4-12-31-20/h1-9,12-13,15H,10-11,14H2,(H,24,28)(H,26,29). The number of nitrogens with zero attached hydrogens (tertiary/aromatic N) is 2. The summed E-state index contributed by atoms with van der Waals surface area (Å²) in [5.74, 6) is -0.317. The molecule has 2 N–H and O–H groups in total. The smallest absolute Gasteiger partial charge is 0.291 e. The van der Waals surface area contributed by atoms with Crippen LogP contribution in [0.5, 0.6) is 0 Å². The number of rotatable bonds is 7. The molecule has 0 saturated heterocycles. The number of nitrogens with one attached hydrogen (secondary N) is 2. The number of aryl methyl sites for hydroxylation is 1. The lowest BCUT2D eigenvalue weighted by molar-refractivity contribution is -0.121. The number of benzene rings is 2. The monoisotopic (exact) mass is 416 g/mol. The van der Waals surface area contributed by atoms with Crippen LogP contribution >= 0.6 is 0 Å². The Morgan fingerprint density at radius 2 is 1.90 bits per heavy atom. The highest BCUT2D eigenvalue weighted by molar-refractivity contribution is 6.02. The molecule has 0 aliphatic rings. The number of aromatic nitrogens is 2. The molecule has 2 amide bonds. The summed E-state index contributed by atoms with van der Waals surface area (Å²) in [6.07, 6.45) is 3.04. The van der Waals surface area contributed by atoms with Crippen molar-refractivity contribution in [2.45, 2.75) is 19.5 Å². The Balaban J connectivity index is 1.31. The SMILES string of the molecule is O=C(CCn1cnc2ccccc2c1=O)NCc1cccc(NC(=O)c2ccco2)c1. The predicted molar refractivity (Wildman–Crippen MR) is 116 cm³/mol. The minimum atomic E-state index is -0.347. The molecule has 156 valence electrons. The van der Waals surface area contributed by atoms with Gasteiger partial charge in [-0.1, -0.05) is 24.3 Å². The Hall–Kier alpha value is -4.20. The molecule has 0 unspecified atom stereocenters. The zero-order valence-electron chi connectivity index (χ0n) is 16.6. The van der Waals surface area contributed by atoms with E-state index in [4.69, 9.17) is 4.42 Å². The Morgan fingerprint density at radius 3 is 2.74 bits per heavy atom. The van der Waals surface area contributed by atoms with Gasteiger partial charge >= 0.3 is 0 Å². The number of amides is 2. The van der Waals surface area contributed by atoms with Crippen LogP contribution in [0.15, 0.2) is 82.5 Å². The molecular weight excluding hydrogens is 396 g/mol. The summed E-state index contributed by atoms with van der Waals surface area (Å²) in [5.41, 5.74) is 1.89. The molecule has 0 atom stereocenters. The van der Waals surface area contributed by atoms with Gasteiger partial charge in [0, 0.05) is 25.2 Å². The van der Waals surface area contributed by atoms with Crippen LogP contribution in [-0.4, -0.2) is 21.4 Å². The van der Waals surface area contributed by atoms with Crippen LogP contribution in [0, 0.1) is 0 Å². The van der Waals surface area contributed by atoms with E-state index in [0.29, 0.717) is 23.1 Å². The highest BCUT2D eigenvalue weighted by atomic mass is 16.3. The van der Waals surface area contributed by atoms with E-state index in [2.05, 4.69) is 15.6 Å². The second-order valence-electron chi connectivity index (χ2n) is 6.92. The van der Waals surface area contributed by atoms with E-state index in [1.54, 1.807) is 48.5 Å². The van der Waals surface area contributed by atoms with Gasteiger partial charge in [0.15, 0.2) is 5.76 Å². The summed E-state index contributed by atoms with van der Waals surface area (Å²) < 4.78 is 6.51. The van der Waals surface area contributed by atoms with E-state index in [-0.39, 0.29) is 36.1 Å². The van der Waals surface area contributed by atoms with Crippen molar-refractivity contribution in [3.8, 4) is 0 Å². The summed E-state index contributed by atoms with van der Waals surface area (Å²) in [4.78, 5) is 41.1. The highest BCUT2D eigenvalue weighted by Crippen LogP contribution is 2.13. The van der Waals surface area contributed by atoms with E-state index >= 15 is 0 Å². The molecule has 0 saturated carbocycles. The molecule has 0 aliphatic heterocycles. The third kappa shape index (κ3) is 4.87. The summed E-state index contributed by atoms with van der Waals surface area (Å²) in [5, 5.41) is 6.10. The Morgan fingerprint density at radius 1 is 1.03 bits per heavy atom. The summed E-state index contributed by atoms with van der Waals surface area (Å²) >= 11 is 0. The van der Waals surface area contributed by atoms with Gasteiger partial charge in [0.2, 0.25) is 5.91 Å². The molecular formula is C23H20N4O4. The van der Waals surface area contributed by atoms with Gasteiger partial charge in [-0.3, -0.25) is 19.0 Å². The minimum absolute atomic E-state index is 0.148. The maximum absolute atomic E-state index is 12.5. The lowest BCUT2D eigenvalue weighted by Crippen LogP contribution is -2.27. The fourth-order valence-corrected chi connectivity index (χ4v) is 3.14. The zero-order chi connectivity index (χ0) is 21.6. The van der Waals surface area contributed by atoms with Gasteiger partial charge in [-0.2, -0.15) is 0 Å². The topological polar surface area (TPSA) is 106 Å². The largest absolute Gasteiger partial charge is 0.459 e. The van der Waals surface area contributed by atoms with Crippen LogP contribution in [0.3, 0.4) is 0 Å². The maximum Gasteiger partial charge on any atom is 0.291 e. The van der Waals surface area contributed by atoms with Crippen LogP contribution in [0.4, 0.5) is 5.69 Å². The first-order chi connectivity index (χ1) is 15.1. The third-order valence-corrected chi connectivity index (χ3v) is 4.73. The zero-order valence-corrected chi connectivity index (χ0v) is 16.6. The number of furan rings is 1. The molecule has 2 heterocycles. The van der Waals surface area contributed by atoms with Gasteiger partial charge in [-0.25, -0.2) is 4.98 Å². The van der Waals surface area contributed by atoms with Gasteiger partial charge in [-0.15, -0.1) is 0 Å². The molecule has 8 nitrogen and oxygen atoms in total. The third-order valence-electron chi connectivity index (χ3n) is 4.73. The molecule has 4 rings (SSSR count). The van der Waals surface area contributed by atoms with Crippen molar-refractivity contribution in [2.24, 2.45) is 0 Å². The molecule has 4 aromatic rings. The van der Waals surface area contributed by atoms with E-state index in [1.165, 1.54) is 17.2 Å². The molecule has 2 aromatic heterocycles. The van der Waals surface area contributed by atoms with Gasteiger partial charge in [0.1, 0.15) is 0 Å². The van der Waals surface area contributed by atoms with Gasteiger partial charge in [-0.05, 0) is 42.0 Å². The van der Waals surface area contributed by atoms with Crippen molar-refractivity contribution in [2.75, 3.05) is 5.32 Å². The van der Waals surface area contributed by atoms with E-state index in [0.717, 1.165) is 5.56 Å². The number of anilines is 1. The molecule has 8 heteroatoms. The van der Waals surface area contributed by atoms with E-state index < -0.39 is 0 Å². The second-order valence-corrected chi connectivity index (χ2v) is 6.92. The lowest BCUT2D eigenvalue weighted by atomic mass is 10.2. The molecule has 0 spiro atoms. The van der Waals surface area contributed by atoms with Crippen molar-refractivity contribution in [3.63, 3.8) is 0 Å². The number of para-hydroxylation sites is 1. The molecule has 0 aliphatic carbocycles. The van der Waals surface area contributed by atoms with Crippen LogP contribution in [0.2, 0.25) is 0 Å². The number of fused-ring (bicyclic) bond motifs is 1. The van der Waals surface area contributed by atoms with Gasteiger partial charge in [0.05, 0.1) is 23.5 Å². The van der Waals surface area contributed by atoms with Crippen molar-refractivity contribution in [1.82, 2.24) is 14.9 Å². The van der Waals surface area contributed by atoms with Gasteiger partial charge < -0.3 is 15.1 Å². The average Bonchev–Trinajstić information content (AvgIpc) is 3.33. The van der Waals surface area contributed by atoms with Crippen LogP contribution in [0.1, 0.15) is 22.5 Å². The fraction of sp³-hybridized carbons (Fsp3) is 0.130. The molecule has 31 heavy (non-hydrogen) atoms. The number of carbonyl (C=O) groups excluding carboxylic acids is 2. The molecule has 0 bridgehead atoms. The number of carbonyl (C=O) groups is 2. The molecule has 0 fully saturated rings. The quantitative estimate of drug-likeness (QED) is 0.482. The summed E-state index contributed by atoms with van der Waals surface area (Å²) in [6, 6.07) is 17.5. The first-order valence-corrected chi connectivity index (χ1v) is 9.75. The Bertz CT molecular complexity index is 1280. The normalized spacial score (nSPS) is 10.7. The average molecular weight is 416 g/mol. The van der Waals surface area contributed by atoms with Crippen LogP contribution in [-0.2, 0) is 17.9 Å². The Labute approximate surface area is 177 Å². The first-order valence-electron chi connectivity index (χ1n) is 9.75. The van der Waals surface area contributed by atoms with E-state index in [9.17, 15) is 14.4 Å². The maximum atomic E-state index is 12.5. The Kier molecular flexibility index (Phi) is 5.89. The molecule has 2 aromatic carbocycles. The van der Waals surface area contributed by atoms with Crippen molar-refractivity contribution < 1.29 is 14.0 Å². The summed E-state index contributed by atoms with van der Waals surface area (Å²) in [7, 11) is 0. The van der Waals surface area contributed by atoms with Crippen LogP contribution in [0.25, 0.3) is 10.9 Å². The van der Waals surface area contributed by atoms with Crippen LogP contribution < -0.4 is 16.2 Å². The van der Waals surface area contributed by atoms with Gasteiger partial charge in [0.25, 0.3) is 11.5 Å². The second kappa shape index (κ2) is 9.08. The van der Waals surface area contributed by atoms with Crippen molar-refractivity contribution in [1.29, 1.82) is 0 Å². The fourth-order valence-electron chi connectivity index (χ4n) is 3.14. The first kappa shape index (κ1) is 20.1. The molecule has 0 radical (unpaired) electrons. The number of hydrogen-bond donors (Lipinski definition) is 2. The van der Waals surface area contributed by atoms with Crippen molar-refractivity contribution in [3.05, 3.63) is 94.9 Å². The van der Waals surface area contributed by atoms with E-state index in [1.807, 2.05) is 12.1 Å². The minimum Gasteiger partial charge on any atom is -0.459 e. The highest BCUT2D eigenvalue weighted by Gasteiger charge is 2.10. The summed E-state index contributed by atoms with van der Waals surface area (Å²) in [6.45, 7) is 0.538. The predicted octanol–water partition coefficient (Wildman–Crippen LogP) is 2.95. The lowest BCUT2D eigenvalue weighted by Gasteiger charge is -2.09. The number of hydrogen-bond acceptors (Lipinski definition) is 5.